The minimum Gasteiger partial charge on any atom is -0.320 e. The molecule has 0 fully saturated rings. The topological polar surface area (TPSA) is 70.6 Å². The highest BCUT2D eigenvalue weighted by atomic mass is 79.9. The molecule has 1 aromatic carbocycles. The number of hydrazone groups is 1. The zero-order valence-electron chi connectivity index (χ0n) is 9.17. The molecule has 5 nitrogen and oxygen atoms in total. The number of amides is 2. The van der Waals surface area contributed by atoms with Gasteiger partial charge in [0, 0.05) is 22.3 Å². The summed E-state index contributed by atoms with van der Waals surface area (Å²) in [5, 5.41) is 6.98. The highest BCUT2D eigenvalue weighted by Gasteiger charge is 2.18. The average Bonchev–Trinajstić information content (AvgIpc) is 2.33. The number of carbonyl (C=O) groups is 2. The van der Waals surface area contributed by atoms with Gasteiger partial charge in [-0.3, -0.25) is 9.59 Å². The van der Waals surface area contributed by atoms with Gasteiger partial charge in [-0.25, -0.2) is 5.43 Å². The molecule has 1 aromatic rings. The number of hydrogen-bond donors (Lipinski definition) is 2. The van der Waals surface area contributed by atoms with Crippen LogP contribution in [0.2, 0.25) is 5.02 Å². The Morgan fingerprint density at radius 2 is 2.22 bits per heavy atom. The van der Waals surface area contributed by atoms with E-state index in [-0.39, 0.29) is 18.2 Å². The third kappa shape index (κ3) is 3.08. The van der Waals surface area contributed by atoms with Crippen molar-refractivity contribution in [1.82, 2.24) is 5.43 Å². The van der Waals surface area contributed by atoms with E-state index in [2.05, 4.69) is 31.8 Å². The molecule has 0 bridgehead atoms. The molecule has 0 spiro atoms. The minimum atomic E-state index is -0.335. The Balaban J connectivity index is 2.09. The van der Waals surface area contributed by atoms with E-state index in [4.69, 9.17) is 11.6 Å². The fraction of sp³-hybridized carbons (Fsp3) is 0.182. The van der Waals surface area contributed by atoms with Gasteiger partial charge < -0.3 is 5.32 Å². The first kappa shape index (κ1) is 13.0. The molecule has 2 N–H and O–H groups in total. The SMILES string of the molecule is O=C1CCC(C(=O)Nc2ccc(Cl)cc2Br)=NN1. The van der Waals surface area contributed by atoms with Gasteiger partial charge >= 0.3 is 0 Å². The lowest BCUT2D eigenvalue weighted by Crippen LogP contribution is -2.32. The van der Waals surface area contributed by atoms with Gasteiger partial charge in [0.05, 0.1) is 5.69 Å². The number of anilines is 1. The Hall–Kier alpha value is -1.40. The summed E-state index contributed by atoms with van der Waals surface area (Å²) in [5.41, 5.74) is 3.18. The standard InChI is InChI=1S/C11H9BrClN3O2/c12-7-5-6(13)1-2-8(7)14-11(18)9-3-4-10(17)16-15-9/h1-2,5H,3-4H2,(H,14,18)(H,16,17). The zero-order valence-corrected chi connectivity index (χ0v) is 11.5. The molecule has 94 valence electrons. The minimum absolute atomic E-state index is 0.181. The largest absolute Gasteiger partial charge is 0.320 e. The van der Waals surface area contributed by atoms with Gasteiger partial charge in [-0.05, 0) is 34.1 Å². The van der Waals surface area contributed by atoms with Crippen molar-refractivity contribution >= 4 is 50.7 Å². The van der Waals surface area contributed by atoms with Crippen molar-refractivity contribution in [2.45, 2.75) is 12.8 Å². The van der Waals surface area contributed by atoms with Crippen LogP contribution in [0.3, 0.4) is 0 Å². The van der Waals surface area contributed by atoms with Crippen LogP contribution in [-0.4, -0.2) is 17.5 Å². The summed E-state index contributed by atoms with van der Waals surface area (Å²) in [4.78, 5) is 22.8. The molecule has 1 aliphatic heterocycles. The average molecular weight is 331 g/mol. The molecule has 2 rings (SSSR count). The zero-order chi connectivity index (χ0) is 13.1. The molecule has 0 atom stereocenters. The Bertz CT molecular complexity index is 545. The number of halogens is 2. The van der Waals surface area contributed by atoms with E-state index in [0.29, 0.717) is 27.3 Å². The second-order valence-electron chi connectivity index (χ2n) is 3.67. The molecule has 0 unspecified atom stereocenters. The van der Waals surface area contributed by atoms with Crippen molar-refractivity contribution in [2.75, 3.05) is 5.32 Å². The second-order valence-corrected chi connectivity index (χ2v) is 4.96. The second kappa shape index (κ2) is 5.49. The Morgan fingerprint density at radius 1 is 1.44 bits per heavy atom. The van der Waals surface area contributed by atoms with Crippen LogP contribution in [0.5, 0.6) is 0 Å². The van der Waals surface area contributed by atoms with Crippen LogP contribution in [0.15, 0.2) is 27.8 Å². The maximum absolute atomic E-state index is 11.9. The number of nitrogens with zero attached hydrogens (tertiary/aromatic N) is 1. The third-order valence-electron chi connectivity index (χ3n) is 2.35. The molecule has 0 aliphatic carbocycles. The molecule has 0 aromatic heterocycles. The summed E-state index contributed by atoms with van der Waals surface area (Å²) in [5.74, 6) is -0.516. The lowest BCUT2D eigenvalue weighted by molar-refractivity contribution is -0.121. The molecule has 0 saturated carbocycles. The maximum Gasteiger partial charge on any atom is 0.271 e. The third-order valence-corrected chi connectivity index (χ3v) is 3.24. The van der Waals surface area contributed by atoms with Crippen molar-refractivity contribution in [2.24, 2.45) is 5.10 Å². The van der Waals surface area contributed by atoms with E-state index in [1.54, 1.807) is 18.2 Å². The first-order chi connectivity index (χ1) is 8.56. The highest BCUT2D eigenvalue weighted by Crippen LogP contribution is 2.25. The van der Waals surface area contributed by atoms with E-state index in [1.165, 1.54) is 0 Å². The predicted molar refractivity (Wildman–Crippen MR) is 72.6 cm³/mol. The van der Waals surface area contributed by atoms with E-state index in [1.807, 2.05) is 0 Å². The molecule has 7 heteroatoms. The maximum atomic E-state index is 11.9. The van der Waals surface area contributed by atoms with Crippen LogP contribution in [0.25, 0.3) is 0 Å². The Kier molecular flexibility index (Phi) is 3.98. The van der Waals surface area contributed by atoms with Crippen molar-refractivity contribution in [3.05, 3.63) is 27.7 Å². The van der Waals surface area contributed by atoms with Gasteiger partial charge in [0.15, 0.2) is 0 Å². The summed E-state index contributed by atoms with van der Waals surface area (Å²) >= 11 is 9.10. The quantitative estimate of drug-likeness (QED) is 0.873. The lowest BCUT2D eigenvalue weighted by Gasteiger charge is -2.12. The van der Waals surface area contributed by atoms with Crippen LogP contribution in [0, 0.1) is 0 Å². The highest BCUT2D eigenvalue weighted by molar-refractivity contribution is 9.10. The molecular formula is C11H9BrClN3O2. The van der Waals surface area contributed by atoms with Crippen LogP contribution in [-0.2, 0) is 9.59 Å². The van der Waals surface area contributed by atoms with E-state index < -0.39 is 0 Å². The number of carbonyl (C=O) groups excluding carboxylic acids is 2. The van der Waals surface area contributed by atoms with Crippen molar-refractivity contribution < 1.29 is 9.59 Å². The first-order valence-corrected chi connectivity index (χ1v) is 6.35. The van der Waals surface area contributed by atoms with E-state index >= 15 is 0 Å². The van der Waals surface area contributed by atoms with Crippen molar-refractivity contribution in [3.63, 3.8) is 0 Å². The molecule has 0 saturated heterocycles. The van der Waals surface area contributed by atoms with Gasteiger partial charge in [-0.15, -0.1) is 0 Å². The van der Waals surface area contributed by atoms with Crippen molar-refractivity contribution in [3.8, 4) is 0 Å². The molecule has 2 amide bonds. The van der Waals surface area contributed by atoms with E-state index in [9.17, 15) is 9.59 Å². The summed E-state index contributed by atoms with van der Waals surface area (Å²) in [6.07, 6.45) is 0.608. The van der Waals surface area contributed by atoms with Gasteiger partial charge in [0.2, 0.25) is 5.91 Å². The summed E-state index contributed by atoms with van der Waals surface area (Å²) < 4.78 is 0.684. The Labute approximate surface area is 117 Å². The van der Waals surface area contributed by atoms with Crippen LogP contribution < -0.4 is 10.7 Å². The van der Waals surface area contributed by atoms with E-state index in [0.717, 1.165) is 0 Å². The predicted octanol–water partition coefficient (Wildman–Crippen LogP) is 2.31. The fourth-order valence-corrected chi connectivity index (χ4v) is 2.20. The normalized spacial score (nSPS) is 14.8. The van der Waals surface area contributed by atoms with Gasteiger partial charge in [-0.2, -0.15) is 5.10 Å². The smallest absolute Gasteiger partial charge is 0.271 e. The van der Waals surface area contributed by atoms with Gasteiger partial charge in [0.1, 0.15) is 5.71 Å². The molecule has 0 radical (unpaired) electrons. The van der Waals surface area contributed by atoms with Crippen molar-refractivity contribution in [1.29, 1.82) is 0 Å². The molecule has 1 heterocycles. The summed E-state index contributed by atoms with van der Waals surface area (Å²) in [6, 6.07) is 5.04. The summed E-state index contributed by atoms with van der Waals surface area (Å²) in [6.45, 7) is 0. The van der Waals surface area contributed by atoms with Crippen LogP contribution in [0.4, 0.5) is 5.69 Å². The van der Waals surface area contributed by atoms with Crippen LogP contribution >= 0.6 is 27.5 Å². The first-order valence-electron chi connectivity index (χ1n) is 5.18. The molecular weight excluding hydrogens is 321 g/mol. The number of hydrogen-bond acceptors (Lipinski definition) is 3. The monoisotopic (exact) mass is 329 g/mol. The number of nitrogens with one attached hydrogen (secondary N) is 2. The molecule has 18 heavy (non-hydrogen) atoms. The molecule has 1 aliphatic rings. The fourth-order valence-electron chi connectivity index (χ4n) is 1.42. The lowest BCUT2D eigenvalue weighted by atomic mass is 10.1. The number of benzene rings is 1. The van der Waals surface area contributed by atoms with Gasteiger partial charge in [0.25, 0.3) is 5.91 Å². The number of rotatable bonds is 2. The van der Waals surface area contributed by atoms with Gasteiger partial charge in [-0.1, -0.05) is 11.6 Å². The summed E-state index contributed by atoms with van der Waals surface area (Å²) in [7, 11) is 0. The Morgan fingerprint density at radius 3 is 2.83 bits per heavy atom. The van der Waals surface area contributed by atoms with Crippen LogP contribution in [0.1, 0.15) is 12.8 Å².